The van der Waals surface area contributed by atoms with Crippen LogP contribution in [0.15, 0.2) is 42.5 Å². The molecule has 0 spiro atoms. The summed E-state index contributed by atoms with van der Waals surface area (Å²) >= 11 is 5.72. The predicted octanol–water partition coefficient (Wildman–Crippen LogP) is 3.43. The molecular formula is C18H20ClFN2O3S. The molecule has 26 heavy (non-hydrogen) atoms. The Labute approximate surface area is 157 Å². The summed E-state index contributed by atoms with van der Waals surface area (Å²) in [6, 6.07) is 10.9. The van der Waals surface area contributed by atoms with Gasteiger partial charge in [0.15, 0.2) is 0 Å². The van der Waals surface area contributed by atoms with E-state index < -0.39 is 28.3 Å². The number of amides is 1. The number of nitrogens with one attached hydrogen (secondary N) is 1. The minimum Gasteiger partial charge on any atom is -0.348 e. The van der Waals surface area contributed by atoms with Gasteiger partial charge in [0.05, 0.1) is 23.0 Å². The number of hydrogen-bond donors (Lipinski definition) is 1. The minimum atomic E-state index is -3.76. The van der Waals surface area contributed by atoms with Crippen LogP contribution in [0.2, 0.25) is 5.02 Å². The molecule has 2 aromatic rings. The summed E-state index contributed by atoms with van der Waals surface area (Å²) in [5, 5.41) is 2.54. The third-order valence-corrected chi connectivity index (χ3v) is 5.26. The average molecular weight is 399 g/mol. The largest absolute Gasteiger partial charge is 0.348 e. The van der Waals surface area contributed by atoms with Gasteiger partial charge in [-0.25, -0.2) is 12.8 Å². The van der Waals surface area contributed by atoms with Gasteiger partial charge >= 0.3 is 0 Å². The first kappa shape index (κ1) is 20.2. The van der Waals surface area contributed by atoms with Gasteiger partial charge in [-0.1, -0.05) is 41.4 Å². The Kier molecular flexibility index (Phi) is 6.26. The van der Waals surface area contributed by atoms with Crippen molar-refractivity contribution in [3.8, 4) is 0 Å². The molecule has 0 unspecified atom stereocenters. The summed E-state index contributed by atoms with van der Waals surface area (Å²) in [5.74, 6) is -1.15. The number of benzene rings is 2. The van der Waals surface area contributed by atoms with Crippen LogP contribution in [0.1, 0.15) is 24.1 Å². The van der Waals surface area contributed by atoms with Crippen molar-refractivity contribution in [3.63, 3.8) is 0 Å². The number of sulfonamides is 1. The number of carbonyl (C=O) groups is 1. The van der Waals surface area contributed by atoms with Gasteiger partial charge in [-0.05, 0) is 37.6 Å². The van der Waals surface area contributed by atoms with Crippen molar-refractivity contribution in [1.29, 1.82) is 0 Å². The molecule has 2 aromatic carbocycles. The third-order valence-electron chi connectivity index (χ3n) is 3.83. The Morgan fingerprint density at radius 2 is 1.85 bits per heavy atom. The number of halogens is 2. The Hall–Kier alpha value is -2.12. The van der Waals surface area contributed by atoms with E-state index in [0.717, 1.165) is 27.8 Å². The monoisotopic (exact) mass is 398 g/mol. The van der Waals surface area contributed by atoms with Crippen molar-refractivity contribution in [2.75, 3.05) is 17.1 Å². The number of nitrogens with zero attached hydrogens (tertiary/aromatic N) is 1. The Bertz CT molecular complexity index is 901. The van der Waals surface area contributed by atoms with Crippen LogP contribution in [-0.2, 0) is 14.8 Å². The van der Waals surface area contributed by atoms with E-state index in [0.29, 0.717) is 0 Å². The highest BCUT2D eigenvalue weighted by atomic mass is 35.5. The van der Waals surface area contributed by atoms with Crippen LogP contribution in [-0.4, -0.2) is 27.1 Å². The van der Waals surface area contributed by atoms with Crippen molar-refractivity contribution >= 4 is 33.2 Å². The van der Waals surface area contributed by atoms with Gasteiger partial charge in [-0.2, -0.15) is 0 Å². The lowest BCUT2D eigenvalue weighted by Gasteiger charge is -2.23. The van der Waals surface area contributed by atoms with Crippen LogP contribution < -0.4 is 9.62 Å². The van der Waals surface area contributed by atoms with Crippen LogP contribution in [0.4, 0.5) is 10.1 Å². The molecule has 1 N–H and O–H groups in total. The van der Waals surface area contributed by atoms with E-state index >= 15 is 0 Å². The first-order valence-corrected chi connectivity index (χ1v) is 10.1. The summed E-state index contributed by atoms with van der Waals surface area (Å²) < 4.78 is 38.3. The molecule has 2 rings (SSSR count). The van der Waals surface area contributed by atoms with E-state index in [-0.39, 0.29) is 16.8 Å². The second-order valence-corrected chi connectivity index (χ2v) is 8.38. The van der Waals surface area contributed by atoms with Gasteiger partial charge < -0.3 is 5.32 Å². The fourth-order valence-corrected chi connectivity index (χ4v) is 3.42. The number of hydrogen-bond acceptors (Lipinski definition) is 3. The zero-order valence-electron chi connectivity index (χ0n) is 14.7. The molecule has 0 fully saturated rings. The van der Waals surface area contributed by atoms with Crippen LogP contribution in [0.3, 0.4) is 0 Å². The van der Waals surface area contributed by atoms with Crippen LogP contribution in [0.25, 0.3) is 0 Å². The standard InChI is InChI=1S/C18H20ClFN2O3S/c1-12-4-6-14(7-5-12)13(2)21-18(23)11-22(26(3,24)25)15-8-9-17(20)16(19)10-15/h4-10,13H,11H2,1-3H3,(H,21,23)/t13-/m0/s1. The SMILES string of the molecule is Cc1ccc([C@H](C)NC(=O)CN(c2ccc(F)c(Cl)c2)S(C)(=O)=O)cc1. The van der Waals surface area contributed by atoms with Gasteiger partial charge in [0.25, 0.3) is 0 Å². The van der Waals surface area contributed by atoms with Crippen LogP contribution in [0, 0.1) is 12.7 Å². The number of anilines is 1. The highest BCUT2D eigenvalue weighted by Gasteiger charge is 2.22. The molecule has 0 aliphatic rings. The van der Waals surface area contributed by atoms with Gasteiger partial charge in [0, 0.05) is 0 Å². The highest BCUT2D eigenvalue weighted by molar-refractivity contribution is 7.92. The average Bonchev–Trinajstić information content (AvgIpc) is 2.55. The van der Waals surface area contributed by atoms with E-state index in [1.807, 2.05) is 38.1 Å². The van der Waals surface area contributed by atoms with Crippen molar-refractivity contribution in [2.24, 2.45) is 0 Å². The summed E-state index contributed by atoms with van der Waals surface area (Å²) in [5.41, 5.74) is 2.13. The summed E-state index contributed by atoms with van der Waals surface area (Å²) in [4.78, 5) is 12.4. The van der Waals surface area contributed by atoms with E-state index in [9.17, 15) is 17.6 Å². The fourth-order valence-electron chi connectivity index (χ4n) is 2.40. The van der Waals surface area contributed by atoms with Gasteiger partial charge in [0.2, 0.25) is 15.9 Å². The zero-order valence-corrected chi connectivity index (χ0v) is 16.2. The molecule has 1 atom stereocenters. The lowest BCUT2D eigenvalue weighted by molar-refractivity contribution is -0.120. The van der Waals surface area contributed by atoms with Gasteiger partial charge in [-0.3, -0.25) is 9.10 Å². The topological polar surface area (TPSA) is 66.5 Å². The van der Waals surface area contributed by atoms with E-state index in [4.69, 9.17) is 11.6 Å². The smallest absolute Gasteiger partial charge is 0.241 e. The maximum Gasteiger partial charge on any atom is 0.241 e. The Morgan fingerprint density at radius 1 is 1.23 bits per heavy atom. The first-order valence-electron chi connectivity index (χ1n) is 7.86. The molecule has 0 aliphatic heterocycles. The quantitative estimate of drug-likeness (QED) is 0.810. The summed E-state index contributed by atoms with van der Waals surface area (Å²) in [7, 11) is -3.76. The molecule has 0 saturated carbocycles. The van der Waals surface area contributed by atoms with Crippen molar-refractivity contribution in [3.05, 3.63) is 64.4 Å². The molecule has 0 heterocycles. The van der Waals surface area contributed by atoms with E-state index in [1.54, 1.807) is 0 Å². The highest BCUT2D eigenvalue weighted by Crippen LogP contribution is 2.24. The van der Waals surface area contributed by atoms with E-state index in [2.05, 4.69) is 5.32 Å². The zero-order chi connectivity index (χ0) is 19.5. The number of carbonyl (C=O) groups excluding carboxylic acids is 1. The fraction of sp³-hybridized carbons (Fsp3) is 0.278. The van der Waals surface area contributed by atoms with Crippen molar-refractivity contribution in [2.45, 2.75) is 19.9 Å². The lowest BCUT2D eigenvalue weighted by Crippen LogP contribution is -2.41. The molecule has 0 aliphatic carbocycles. The molecular weight excluding hydrogens is 379 g/mol. The van der Waals surface area contributed by atoms with Crippen LogP contribution in [0.5, 0.6) is 0 Å². The first-order chi connectivity index (χ1) is 12.1. The second-order valence-electron chi connectivity index (χ2n) is 6.07. The molecule has 140 valence electrons. The predicted molar refractivity (Wildman–Crippen MR) is 101 cm³/mol. The summed E-state index contributed by atoms with van der Waals surface area (Å²) in [6.07, 6.45) is 0.973. The normalized spacial score (nSPS) is 12.5. The molecule has 0 saturated heterocycles. The van der Waals surface area contributed by atoms with Crippen LogP contribution >= 0.6 is 11.6 Å². The maximum absolute atomic E-state index is 13.3. The molecule has 0 aromatic heterocycles. The molecule has 1 amide bonds. The van der Waals surface area contributed by atoms with E-state index in [1.165, 1.54) is 12.1 Å². The minimum absolute atomic E-state index is 0.122. The molecule has 0 radical (unpaired) electrons. The number of aryl methyl sites for hydroxylation is 1. The summed E-state index contributed by atoms with van der Waals surface area (Å²) in [6.45, 7) is 3.34. The van der Waals surface area contributed by atoms with Crippen molar-refractivity contribution in [1.82, 2.24) is 5.32 Å². The molecule has 5 nitrogen and oxygen atoms in total. The van der Waals surface area contributed by atoms with Gasteiger partial charge in [-0.15, -0.1) is 0 Å². The number of rotatable bonds is 6. The Balaban J connectivity index is 2.16. The second kappa shape index (κ2) is 8.05. The van der Waals surface area contributed by atoms with Crippen molar-refractivity contribution < 1.29 is 17.6 Å². The Morgan fingerprint density at radius 3 is 2.38 bits per heavy atom. The maximum atomic E-state index is 13.3. The third kappa shape index (κ3) is 5.19. The molecule has 8 heteroatoms. The molecule has 0 bridgehead atoms. The lowest BCUT2D eigenvalue weighted by atomic mass is 10.1. The van der Waals surface area contributed by atoms with Gasteiger partial charge in [0.1, 0.15) is 12.4 Å².